The zero-order valence-electron chi connectivity index (χ0n) is 12.9. The van der Waals surface area contributed by atoms with Gasteiger partial charge in [0, 0.05) is 26.2 Å². The number of alkyl halides is 3. The summed E-state index contributed by atoms with van der Waals surface area (Å²) in [5, 5.41) is 0. The van der Waals surface area contributed by atoms with Crippen LogP contribution in [0.25, 0.3) is 0 Å². The third-order valence-electron chi connectivity index (χ3n) is 4.69. The number of halogens is 3. The Morgan fingerprint density at radius 2 is 1.65 bits per heavy atom. The largest absolute Gasteiger partial charge is 0.471 e. The van der Waals surface area contributed by atoms with E-state index in [1.807, 2.05) is 31.2 Å². The number of aryl methyl sites for hydroxylation is 1. The average Bonchev–Trinajstić information content (AvgIpc) is 2.47. The summed E-state index contributed by atoms with van der Waals surface area (Å²) in [5.41, 5.74) is 2.00. The van der Waals surface area contributed by atoms with Crippen LogP contribution in [0.4, 0.5) is 13.2 Å². The number of hydrogen-bond acceptors (Lipinski definition) is 3. The number of hydrogen-bond donors (Lipinski definition) is 0. The molecule has 0 bridgehead atoms. The molecule has 0 saturated carbocycles. The van der Waals surface area contributed by atoms with Crippen molar-refractivity contribution in [3.8, 4) is 0 Å². The summed E-state index contributed by atoms with van der Waals surface area (Å²) in [6.07, 6.45) is -4.80. The van der Waals surface area contributed by atoms with E-state index >= 15 is 0 Å². The van der Waals surface area contributed by atoms with Crippen molar-refractivity contribution in [1.82, 2.24) is 9.80 Å². The van der Waals surface area contributed by atoms with Gasteiger partial charge in [-0.05, 0) is 12.5 Å². The first-order valence-corrected chi connectivity index (χ1v) is 7.59. The van der Waals surface area contributed by atoms with Crippen LogP contribution in [0.3, 0.4) is 0 Å². The zero-order chi connectivity index (χ0) is 16.7. The maximum Gasteiger partial charge on any atom is 0.471 e. The summed E-state index contributed by atoms with van der Waals surface area (Å²) in [4.78, 5) is 14.4. The Balaban J connectivity index is 1.71. The fourth-order valence-corrected chi connectivity index (χ4v) is 3.21. The van der Waals surface area contributed by atoms with Crippen LogP contribution in [0.1, 0.15) is 11.1 Å². The van der Waals surface area contributed by atoms with Gasteiger partial charge in [0.2, 0.25) is 0 Å². The molecule has 2 fully saturated rings. The van der Waals surface area contributed by atoms with Crippen LogP contribution in [0.2, 0.25) is 0 Å². The second kappa shape index (κ2) is 5.79. The average molecular weight is 328 g/mol. The highest BCUT2D eigenvalue weighted by Gasteiger charge is 2.48. The van der Waals surface area contributed by atoms with E-state index in [9.17, 15) is 18.0 Å². The molecule has 0 radical (unpaired) electrons. The SMILES string of the molecule is Cc1ccc(C2(N3CCN(C(=O)C(F)(F)F)CC3)COC2)cc1. The molecule has 3 rings (SSSR count). The van der Waals surface area contributed by atoms with Gasteiger partial charge in [0.25, 0.3) is 0 Å². The van der Waals surface area contributed by atoms with Crippen LogP contribution in [0.15, 0.2) is 24.3 Å². The Labute approximate surface area is 132 Å². The highest BCUT2D eigenvalue weighted by atomic mass is 19.4. The predicted octanol–water partition coefficient (Wildman–Crippen LogP) is 1.93. The molecule has 0 atom stereocenters. The predicted molar refractivity (Wildman–Crippen MR) is 77.9 cm³/mol. The van der Waals surface area contributed by atoms with Gasteiger partial charge in [-0.3, -0.25) is 9.69 Å². The van der Waals surface area contributed by atoms with Gasteiger partial charge < -0.3 is 9.64 Å². The Morgan fingerprint density at radius 3 is 2.09 bits per heavy atom. The van der Waals surface area contributed by atoms with Gasteiger partial charge in [-0.1, -0.05) is 29.8 Å². The number of nitrogens with zero attached hydrogens (tertiary/aromatic N) is 2. The Hall–Kier alpha value is -1.60. The number of carbonyl (C=O) groups is 1. The quantitative estimate of drug-likeness (QED) is 0.832. The molecule has 1 aromatic carbocycles. The van der Waals surface area contributed by atoms with Crippen LogP contribution in [0, 0.1) is 6.92 Å². The smallest absolute Gasteiger partial charge is 0.377 e. The van der Waals surface area contributed by atoms with Crippen molar-refractivity contribution in [3.05, 3.63) is 35.4 Å². The van der Waals surface area contributed by atoms with E-state index in [4.69, 9.17) is 4.74 Å². The van der Waals surface area contributed by atoms with Crippen LogP contribution >= 0.6 is 0 Å². The molecule has 2 saturated heterocycles. The summed E-state index contributed by atoms with van der Waals surface area (Å²) in [7, 11) is 0. The van der Waals surface area contributed by atoms with Gasteiger partial charge in [-0.15, -0.1) is 0 Å². The van der Waals surface area contributed by atoms with Crippen molar-refractivity contribution in [1.29, 1.82) is 0 Å². The van der Waals surface area contributed by atoms with Crippen molar-refractivity contribution in [2.45, 2.75) is 18.6 Å². The number of carbonyl (C=O) groups excluding carboxylic acids is 1. The molecule has 0 N–H and O–H groups in total. The van der Waals surface area contributed by atoms with E-state index in [-0.39, 0.29) is 18.6 Å². The van der Waals surface area contributed by atoms with Crippen molar-refractivity contribution in [3.63, 3.8) is 0 Å². The first-order chi connectivity index (χ1) is 10.8. The van der Waals surface area contributed by atoms with Crippen molar-refractivity contribution in [2.75, 3.05) is 39.4 Å². The van der Waals surface area contributed by atoms with E-state index in [0.717, 1.165) is 16.0 Å². The molecule has 126 valence electrons. The third kappa shape index (κ3) is 2.95. The van der Waals surface area contributed by atoms with E-state index in [1.54, 1.807) is 0 Å². The standard InChI is InChI=1S/C16H19F3N2O2/c1-12-2-4-13(5-3-12)15(10-23-11-15)21-8-6-20(7-9-21)14(22)16(17,18)19/h2-5H,6-11H2,1H3. The number of benzene rings is 1. The Bertz CT molecular complexity index is 574. The molecule has 0 aliphatic carbocycles. The number of ether oxygens (including phenoxy) is 1. The Kier molecular flexibility index (Phi) is 4.10. The van der Waals surface area contributed by atoms with Crippen LogP contribution in [-0.2, 0) is 15.1 Å². The van der Waals surface area contributed by atoms with Gasteiger partial charge in [0.05, 0.1) is 18.8 Å². The summed E-state index contributed by atoms with van der Waals surface area (Å²) in [5.74, 6) is -1.74. The lowest BCUT2D eigenvalue weighted by Gasteiger charge is -2.52. The second-order valence-corrected chi connectivity index (χ2v) is 6.17. The van der Waals surface area contributed by atoms with Gasteiger partial charge in [-0.25, -0.2) is 0 Å². The zero-order valence-corrected chi connectivity index (χ0v) is 12.9. The summed E-state index contributed by atoms with van der Waals surface area (Å²) < 4.78 is 43.0. The molecule has 23 heavy (non-hydrogen) atoms. The first-order valence-electron chi connectivity index (χ1n) is 7.59. The third-order valence-corrected chi connectivity index (χ3v) is 4.69. The van der Waals surface area contributed by atoms with Gasteiger partial charge >= 0.3 is 12.1 Å². The number of rotatable bonds is 2. The maximum atomic E-state index is 12.5. The molecular weight excluding hydrogens is 309 g/mol. The highest BCUT2D eigenvalue weighted by molar-refractivity contribution is 5.81. The van der Waals surface area contributed by atoms with E-state index in [1.165, 1.54) is 0 Å². The van der Waals surface area contributed by atoms with E-state index in [0.29, 0.717) is 26.3 Å². The van der Waals surface area contributed by atoms with Gasteiger partial charge in [0.1, 0.15) is 0 Å². The molecule has 2 aliphatic rings. The molecule has 0 unspecified atom stereocenters. The van der Waals surface area contributed by atoms with Crippen molar-refractivity contribution >= 4 is 5.91 Å². The van der Waals surface area contributed by atoms with Gasteiger partial charge in [0.15, 0.2) is 0 Å². The highest BCUT2D eigenvalue weighted by Crippen LogP contribution is 2.37. The summed E-state index contributed by atoms with van der Waals surface area (Å²) in [6.45, 7) is 4.08. The monoisotopic (exact) mass is 328 g/mol. The van der Waals surface area contributed by atoms with Gasteiger partial charge in [-0.2, -0.15) is 13.2 Å². The van der Waals surface area contributed by atoms with Crippen LogP contribution in [-0.4, -0.2) is 61.3 Å². The molecule has 2 heterocycles. The minimum atomic E-state index is -4.80. The minimum absolute atomic E-state index is 0.0892. The van der Waals surface area contributed by atoms with E-state index in [2.05, 4.69) is 4.90 Å². The molecular formula is C16H19F3N2O2. The van der Waals surface area contributed by atoms with E-state index < -0.39 is 12.1 Å². The lowest BCUT2D eigenvalue weighted by atomic mass is 9.85. The molecule has 7 heteroatoms. The Morgan fingerprint density at radius 1 is 1.09 bits per heavy atom. The summed E-state index contributed by atoms with van der Waals surface area (Å²) in [6, 6.07) is 8.15. The number of amides is 1. The normalized spacial score (nSPS) is 21.8. The van der Waals surface area contributed by atoms with Crippen molar-refractivity contribution in [2.24, 2.45) is 0 Å². The van der Waals surface area contributed by atoms with Crippen LogP contribution < -0.4 is 0 Å². The minimum Gasteiger partial charge on any atom is -0.377 e. The molecule has 1 aromatic rings. The molecule has 0 spiro atoms. The lowest BCUT2D eigenvalue weighted by molar-refractivity contribution is -0.192. The molecule has 0 aromatic heterocycles. The summed E-state index contributed by atoms with van der Waals surface area (Å²) >= 11 is 0. The fourth-order valence-electron chi connectivity index (χ4n) is 3.21. The second-order valence-electron chi connectivity index (χ2n) is 6.17. The lowest BCUT2D eigenvalue weighted by Crippen LogP contribution is -2.65. The molecule has 2 aliphatic heterocycles. The first kappa shape index (κ1) is 16.3. The fraction of sp³-hybridized carbons (Fsp3) is 0.562. The molecule has 1 amide bonds. The molecule has 4 nitrogen and oxygen atoms in total. The van der Waals surface area contributed by atoms with Crippen LogP contribution in [0.5, 0.6) is 0 Å². The number of piperazine rings is 1. The van der Waals surface area contributed by atoms with Crippen molar-refractivity contribution < 1.29 is 22.7 Å². The topological polar surface area (TPSA) is 32.8 Å². The maximum absolute atomic E-state index is 12.5.